The van der Waals surface area contributed by atoms with Crippen LogP contribution in [0, 0.1) is 11.6 Å². The van der Waals surface area contributed by atoms with Gasteiger partial charge in [-0.1, -0.05) is 0 Å². The monoisotopic (exact) mass is 415 g/mol. The Balaban J connectivity index is 1.49. The summed E-state index contributed by atoms with van der Waals surface area (Å²) in [7, 11) is 0. The number of benzene rings is 1. The van der Waals surface area contributed by atoms with E-state index in [-0.39, 0.29) is 36.7 Å². The van der Waals surface area contributed by atoms with Gasteiger partial charge in [0.25, 0.3) is 0 Å². The highest BCUT2D eigenvalue weighted by molar-refractivity contribution is 5.78. The van der Waals surface area contributed by atoms with E-state index in [1.54, 1.807) is 0 Å². The summed E-state index contributed by atoms with van der Waals surface area (Å²) >= 11 is 0. The van der Waals surface area contributed by atoms with Crippen molar-refractivity contribution in [3.8, 4) is 0 Å². The molecule has 11 heteroatoms. The molecule has 3 heterocycles. The number of rotatable bonds is 4. The Bertz CT molecular complexity index is 943. The molecule has 2 aliphatic rings. The van der Waals surface area contributed by atoms with Crippen molar-refractivity contribution >= 4 is 5.91 Å². The molecule has 0 aliphatic carbocycles. The third-order valence-electron chi connectivity index (χ3n) is 5.44. The molecule has 0 saturated carbocycles. The zero-order chi connectivity index (χ0) is 20.9. The summed E-state index contributed by atoms with van der Waals surface area (Å²) in [6, 6.07) is 1.26. The molecule has 1 saturated heterocycles. The van der Waals surface area contributed by atoms with Crippen LogP contribution in [0.3, 0.4) is 0 Å². The number of carbonyl (C=O) groups is 1. The Morgan fingerprint density at radius 1 is 1.24 bits per heavy atom. The van der Waals surface area contributed by atoms with Gasteiger partial charge in [-0.2, -0.15) is 13.2 Å². The van der Waals surface area contributed by atoms with Gasteiger partial charge in [-0.25, -0.2) is 8.78 Å². The molecule has 2 bridgehead atoms. The van der Waals surface area contributed by atoms with E-state index in [1.807, 2.05) is 0 Å². The van der Waals surface area contributed by atoms with Crippen molar-refractivity contribution in [1.29, 1.82) is 0 Å². The van der Waals surface area contributed by atoms with Gasteiger partial charge in [0.05, 0.1) is 12.1 Å². The van der Waals surface area contributed by atoms with Gasteiger partial charge in [-0.15, -0.1) is 10.2 Å². The van der Waals surface area contributed by atoms with E-state index in [2.05, 4.69) is 10.2 Å². The fourth-order valence-electron chi connectivity index (χ4n) is 4.24. The fourth-order valence-corrected chi connectivity index (χ4v) is 4.24. The Labute approximate surface area is 162 Å². The van der Waals surface area contributed by atoms with Gasteiger partial charge >= 0.3 is 6.18 Å². The molecule has 1 amide bonds. The fraction of sp³-hybridized carbons (Fsp3) is 0.500. The van der Waals surface area contributed by atoms with Crippen LogP contribution >= 0.6 is 0 Å². The molecule has 29 heavy (non-hydrogen) atoms. The lowest BCUT2D eigenvalue weighted by molar-refractivity contribution is -0.148. The third-order valence-corrected chi connectivity index (χ3v) is 5.44. The number of nitrogens with zero attached hydrogens (tertiary/aromatic N) is 4. The second-order valence-corrected chi connectivity index (χ2v) is 7.44. The van der Waals surface area contributed by atoms with Crippen LogP contribution in [0.2, 0.25) is 0 Å². The summed E-state index contributed by atoms with van der Waals surface area (Å²) in [6.07, 6.45) is -3.75. The van der Waals surface area contributed by atoms with Crippen molar-refractivity contribution in [2.75, 3.05) is 0 Å². The maximum absolute atomic E-state index is 13.8. The lowest BCUT2D eigenvalue weighted by Crippen LogP contribution is -2.46. The van der Waals surface area contributed by atoms with Crippen LogP contribution in [-0.2, 0) is 23.9 Å². The number of fused-ring (bicyclic) bond motifs is 4. The molecular formula is C18H18F5N5O. The molecule has 2 aliphatic heterocycles. The van der Waals surface area contributed by atoms with Crippen molar-refractivity contribution < 1.29 is 26.7 Å². The van der Waals surface area contributed by atoms with Crippen LogP contribution in [0.1, 0.15) is 42.5 Å². The molecule has 156 valence electrons. The highest BCUT2D eigenvalue weighted by Crippen LogP contribution is 2.43. The predicted octanol–water partition coefficient (Wildman–Crippen LogP) is 2.58. The second-order valence-electron chi connectivity index (χ2n) is 7.44. The number of carbonyl (C=O) groups excluding carboxylic acids is 1. The minimum Gasteiger partial charge on any atom is -0.328 e. The van der Waals surface area contributed by atoms with E-state index < -0.39 is 41.8 Å². The summed E-state index contributed by atoms with van der Waals surface area (Å²) in [6.45, 7) is -0.0345. The molecule has 0 radical (unpaired) electrons. The van der Waals surface area contributed by atoms with E-state index in [4.69, 9.17) is 5.73 Å². The quantitative estimate of drug-likeness (QED) is 0.779. The van der Waals surface area contributed by atoms with E-state index in [0.29, 0.717) is 12.8 Å². The SMILES string of the molecule is N[C@@H](CC(=O)N1[C@@H]2CC[C@H]1c1nnc(C(F)(F)F)n1C2)Cc1cc(F)ccc1F. The van der Waals surface area contributed by atoms with Crippen molar-refractivity contribution in [2.24, 2.45) is 5.73 Å². The minimum absolute atomic E-state index is 0.0345. The van der Waals surface area contributed by atoms with E-state index in [0.717, 1.165) is 22.8 Å². The maximum atomic E-state index is 13.8. The Morgan fingerprint density at radius 2 is 2.00 bits per heavy atom. The van der Waals surface area contributed by atoms with Gasteiger partial charge in [0.2, 0.25) is 11.7 Å². The summed E-state index contributed by atoms with van der Waals surface area (Å²) < 4.78 is 67.4. The van der Waals surface area contributed by atoms with Gasteiger partial charge in [-0.3, -0.25) is 4.79 Å². The van der Waals surface area contributed by atoms with Crippen molar-refractivity contribution in [1.82, 2.24) is 19.7 Å². The van der Waals surface area contributed by atoms with Gasteiger partial charge < -0.3 is 15.2 Å². The second kappa shape index (κ2) is 7.05. The molecule has 0 spiro atoms. The topological polar surface area (TPSA) is 77.0 Å². The molecule has 1 aromatic carbocycles. The van der Waals surface area contributed by atoms with Gasteiger partial charge in [0.15, 0.2) is 5.82 Å². The first-order valence-corrected chi connectivity index (χ1v) is 9.16. The Morgan fingerprint density at radius 3 is 2.72 bits per heavy atom. The predicted molar refractivity (Wildman–Crippen MR) is 90.3 cm³/mol. The van der Waals surface area contributed by atoms with E-state index in [1.165, 1.54) is 4.90 Å². The number of hydrogen-bond acceptors (Lipinski definition) is 4. The zero-order valence-corrected chi connectivity index (χ0v) is 15.2. The maximum Gasteiger partial charge on any atom is 0.451 e. The molecule has 1 aromatic heterocycles. The van der Waals surface area contributed by atoms with Crippen molar-refractivity contribution in [3.05, 3.63) is 47.0 Å². The number of nitrogens with two attached hydrogens (primary N) is 1. The number of alkyl halides is 3. The first-order chi connectivity index (χ1) is 13.6. The molecule has 1 fully saturated rings. The first kappa shape index (κ1) is 19.7. The average molecular weight is 415 g/mol. The number of halogens is 5. The van der Waals surface area contributed by atoms with Crippen LogP contribution in [0.15, 0.2) is 18.2 Å². The molecule has 6 nitrogen and oxygen atoms in total. The van der Waals surface area contributed by atoms with Gasteiger partial charge in [-0.05, 0) is 43.0 Å². The minimum atomic E-state index is -4.62. The smallest absolute Gasteiger partial charge is 0.328 e. The number of aromatic nitrogens is 3. The van der Waals surface area contributed by atoms with Crippen LogP contribution in [-0.4, -0.2) is 37.7 Å². The van der Waals surface area contributed by atoms with Gasteiger partial charge in [0.1, 0.15) is 11.6 Å². The molecule has 3 atom stereocenters. The summed E-state index contributed by atoms with van der Waals surface area (Å²) in [5.74, 6) is -2.50. The highest BCUT2D eigenvalue weighted by atomic mass is 19.4. The third kappa shape index (κ3) is 3.59. The zero-order valence-electron chi connectivity index (χ0n) is 15.2. The molecule has 2 N–H and O–H groups in total. The molecule has 2 aromatic rings. The Kier molecular flexibility index (Phi) is 4.80. The first-order valence-electron chi connectivity index (χ1n) is 9.16. The van der Waals surface area contributed by atoms with Crippen molar-refractivity contribution in [3.63, 3.8) is 0 Å². The lowest BCUT2D eigenvalue weighted by Gasteiger charge is -2.36. The normalized spacial score (nSPS) is 21.9. The van der Waals surface area contributed by atoms with E-state index in [9.17, 15) is 26.7 Å². The molecule has 4 rings (SSSR count). The van der Waals surface area contributed by atoms with Crippen molar-refractivity contribution in [2.45, 2.75) is 56.5 Å². The van der Waals surface area contributed by atoms with Crippen LogP contribution in [0.5, 0.6) is 0 Å². The molecule has 0 unspecified atom stereocenters. The number of hydrogen-bond donors (Lipinski definition) is 1. The standard InChI is InChI=1S/C18H18F5N5O/c19-10-1-3-13(20)9(5-10)6-11(24)7-15(29)28-12-2-4-14(28)16-25-26-17(18(21,22)23)27(16)8-12/h1,3,5,11-12,14H,2,4,6-8,24H2/t11-,12-,14+/m1/s1. The Hall–Kier alpha value is -2.56. The number of amides is 1. The van der Waals surface area contributed by atoms with Crippen LogP contribution < -0.4 is 5.73 Å². The van der Waals surface area contributed by atoms with E-state index >= 15 is 0 Å². The summed E-state index contributed by atoms with van der Waals surface area (Å²) in [5, 5.41) is 6.94. The summed E-state index contributed by atoms with van der Waals surface area (Å²) in [5.41, 5.74) is 6.05. The summed E-state index contributed by atoms with van der Waals surface area (Å²) in [4.78, 5) is 14.3. The van der Waals surface area contributed by atoms with Crippen LogP contribution in [0.25, 0.3) is 0 Å². The average Bonchev–Trinajstić information content (AvgIpc) is 3.19. The lowest BCUT2D eigenvalue weighted by atomic mass is 10.0. The van der Waals surface area contributed by atoms with Gasteiger partial charge in [0, 0.05) is 19.0 Å². The van der Waals surface area contributed by atoms with Crippen LogP contribution in [0.4, 0.5) is 22.0 Å². The molecular weight excluding hydrogens is 397 g/mol. The largest absolute Gasteiger partial charge is 0.451 e. The highest BCUT2D eigenvalue weighted by Gasteiger charge is 2.48.